The third-order valence-electron chi connectivity index (χ3n) is 1.61. The second-order valence-electron chi connectivity index (χ2n) is 3.49. The van der Waals surface area contributed by atoms with E-state index in [9.17, 15) is 4.79 Å². The Hall–Kier alpha value is -0.570. The third-order valence-corrected chi connectivity index (χ3v) is 1.61. The summed E-state index contributed by atoms with van der Waals surface area (Å²) >= 11 is 0. The van der Waals surface area contributed by atoms with Crippen molar-refractivity contribution in [2.75, 3.05) is 0 Å². The molecule has 12 heavy (non-hydrogen) atoms. The van der Waals surface area contributed by atoms with Crippen LogP contribution in [0.25, 0.3) is 0 Å². The molecule has 0 saturated heterocycles. The Morgan fingerprint density at radius 2 is 2.00 bits per heavy atom. The van der Waals surface area contributed by atoms with E-state index in [1.165, 1.54) is 0 Å². The largest absolute Gasteiger partial charge is 0.273 e. The highest BCUT2D eigenvalue weighted by Gasteiger charge is 2.18. The molecule has 0 aromatic carbocycles. The summed E-state index contributed by atoms with van der Waals surface area (Å²) in [6.07, 6.45) is 2.45. The molecule has 0 radical (unpaired) electrons. The van der Waals surface area contributed by atoms with Gasteiger partial charge >= 0.3 is 0 Å². The van der Waals surface area contributed by atoms with Crippen LogP contribution in [0.4, 0.5) is 0 Å². The molecule has 0 fully saturated rings. The smallest absolute Gasteiger partial charge is 0.243 e. The first-order chi connectivity index (χ1) is 5.52. The minimum Gasteiger partial charge on any atom is -0.273 e. The van der Waals surface area contributed by atoms with Gasteiger partial charge in [-0.05, 0) is 20.3 Å². The minimum absolute atomic E-state index is 0.0702. The molecule has 0 aliphatic heterocycles. The Labute approximate surface area is 74.4 Å². The van der Waals surface area contributed by atoms with E-state index in [1.807, 2.05) is 13.8 Å². The van der Waals surface area contributed by atoms with Gasteiger partial charge in [0.2, 0.25) is 5.91 Å². The van der Waals surface area contributed by atoms with Gasteiger partial charge in [-0.3, -0.25) is 9.63 Å². The maximum absolute atomic E-state index is 10.8. The van der Waals surface area contributed by atoms with Crippen molar-refractivity contribution in [2.45, 2.75) is 52.6 Å². The average Bonchev–Trinajstić information content (AvgIpc) is 2.00. The van der Waals surface area contributed by atoms with Crippen molar-refractivity contribution in [3.05, 3.63) is 0 Å². The number of hydroxylamine groups is 1. The van der Waals surface area contributed by atoms with Crippen molar-refractivity contribution in [2.24, 2.45) is 0 Å². The molecule has 0 saturated carbocycles. The molecule has 0 rings (SSSR count). The van der Waals surface area contributed by atoms with Gasteiger partial charge in [0.25, 0.3) is 0 Å². The second kappa shape index (κ2) is 5.14. The quantitative estimate of drug-likeness (QED) is 0.646. The zero-order chi connectivity index (χ0) is 9.61. The second-order valence-corrected chi connectivity index (χ2v) is 3.49. The van der Waals surface area contributed by atoms with Crippen molar-refractivity contribution in [3.63, 3.8) is 0 Å². The van der Waals surface area contributed by atoms with Crippen LogP contribution < -0.4 is 5.48 Å². The van der Waals surface area contributed by atoms with Crippen molar-refractivity contribution in [3.8, 4) is 0 Å². The number of nitrogens with one attached hydrogen (secondary N) is 1. The first kappa shape index (κ1) is 11.4. The minimum atomic E-state index is -0.250. The highest BCUT2D eigenvalue weighted by molar-refractivity contribution is 5.74. The van der Waals surface area contributed by atoms with E-state index >= 15 is 0 Å². The number of carbonyl (C=O) groups is 1. The van der Waals surface area contributed by atoms with Crippen LogP contribution in [0.15, 0.2) is 0 Å². The fourth-order valence-corrected chi connectivity index (χ4v) is 0.920. The van der Waals surface area contributed by atoms with E-state index in [-0.39, 0.29) is 11.5 Å². The number of amides is 1. The van der Waals surface area contributed by atoms with Crippen molar-refractivity contribution in [1.29, 1.82) is 0 Å². The first-order valence-electron chi connectivity index (χ1n) is 4.48. The molecule has 3 heteroatoms. The fraction of sp³-hybridized carbons (Fsp3) is 0.889. The van der Waals surface area contributed by atoms with Crippen molar-refractivity contribution >= 4 is 5.91 Å². The van der Waals surface area contributed by atoms with Gasteiger partial charge in [-0.2, -0.15) is 0 Å². The predicted molar refractivity (Wildman–Crippen MR) is 48.5 cm³/mol. The number of hydrogen-bond acceptors (Lipinski definition) is 2. The summed E-state index contributed by atoms with van der Waals surface area (Å²) in [5.74, 6) is -0.0702. The van der Waals surface area contributed by atoms with Crippen LogP contribution in [0.2, 0.25) is 0 Å². The molecular weight excluding hydrogens is 154 g/mol. The van der Waals surface area contributed by atoms with E-state index in [1.54, 1.807) is 6.92 Å². The standard InChI is InChI=1S/C9H19NO2/c1-5-7-9(3,4)12-10-8(11)6-2/h5-7H2,1-4H3,(H,10,11). The molecule has 0 spiro atoms. The summed E-state index contributed by atoms with van der Waals surface area (Å²) in [5.41, 5.74) is 2.17. The molecule has 3 nitrogen and oxygen atoms in total. The molecule has 0 unspecified atom stereocenters. The van der Waals surface area contributed by atoms with E-state index < -0.39 is 0 Å². The van der Waals surface area contributed by atoms with Gasteiger partial charge < -0.3 is 0 Å². The van der Waals surface area contributed by atoms with E-state index in [4.69, 9.17) is 4.84 Å². The molecular formula is C9H19NO2. The molecule has 0 heterocycles. The molecule has 0 aromatic heterocycles. The highest BCUT2D eigenvalue weighted by atomic mass is 16.7. The van der Waals surface area contributed by atoms with E-state index in [2.05, 4.69) is 12.4 Å². The zero-order valence-corrected chi connectivity index (χ0v) is 8.44. The lowest BCUT2D eigenvalue weighted by atomic mass is 10.0. The molecule has 0 aliphatic rings. The lowest BCUT2D eigenvalue weighted by Crippen LogP contribution is -2.35. The number of hydrogen-bond donors (Lipinski definition) is 1. The Balaban J connectivity index is 3.67. The van der Waals surface area contributed by atoms with E-state index in [0.29, 0.717) is 6.42 Å². The summed E-state index contributed by atoms with van der Waals surface area (Å²) in [5, 5.41) is 0. The molecule has 1 N–H and O–H groups in total. The SMILES string of the molecule is CCCC(C)(C)ONC(=O)CC. The number of carbonyl (C=O) groups excluding carboxylic acids is 1. The Morgan fingerprint density at radius 3 is 2.42 bits per heavy atom. The summed E-state index contributed by atoms with van der Waals surface area (Å²) in [6.45, 7) is 7.82. The van der Waals surface area contributed by atoms with Gasteiger partial charge in [-0.1, -0.05) is 20.3 Å². The zero-order valence-electron chi connectivity index (χ0n) is 8.44. The summed E-state index contributed by atoms with van der Waals surface area (Å²) in [4.78, 5) is 16.0. The van der Waals surface area contributed by atoms with Crippen LogP contribution in [0, 0.1) is 0 Å². The Bertz CT molecular complexity index is 143. The molecule has 0 atom stereocenters. The van der Waals surface area contributed by atoms with Gasteiger partial charge in [-0.15, -0.1) is 0 Å². The first-order valence-corrected chi connectivity index (χ1v) is 4.48. The molecule has 0 aliphatic carbocycles. The maximum Gasteiger partial charge on any atom is 0.243 e. The normalized spacial score (nSPS) is 11.3. The summed E-state index contributed by atoms with van der Waals surface area (Å²) in [7, 11) is 0. The van der Waals surface area contributed by atoms with Crippen molar-refractivity contribution in [1.82, 2.24) is 5.48 Å². The maximum atomic E-state index is 10.8. The fourth-order valence-electron chi connectivity index (χ4n) is 0.920. The average molecular weight is 173 g/mol. The lowest BCUT2D eigenvalue weighted by molar-refractivity contribution is -0.148. The predicted octanol–water partition coefficient (Wildman–Crippen LogP) is 2.02. The molecule has 0 aromatic rings. The summed E-state index contributed by atoms with van der Waals surface area (Å²) < 4.78 is 0. The van der Waals surface area contributed by atoms with Gasteiger partial charge in [0.05, 0.1) is 5.60 Å². The van der Waals surface area contributed by atoms with Crippen LogP contribution in [0.5, 0.6) is 0 Å². The topological polar surface area (TPSA) is 38.3 Å². The van der Waals surface area contributed by atoms with Crippen LogP contribution >= 0.6 is 0 Å². The van der Waals surface area contributed by atoms with Crippen LogP contribution in [-0.4, -0.2) is 11.5 Å². The lowest BCUT2D eigenvalue weighted by Gasteiger charge is -2.23. The van der Waals surface area contributed by atoms with Crippen LogP contribution in [0.3, 0.4) is 0 Å². The van der Waals surface area contributed by atoms with Crippen LogP contribution in [0.1, 0.15) is 47.0 Å². The number of rotatable bonds is 5. The molecule has 0 bridgehead atoms. The highest BCUT2D eigenvalue weighted by Crippen LogP contribution is 2.14. The van der Waals surface area contributed by atoms with Gasteiger partial charge in [0.15, 0.2) is 0 Å². The van der Waals surface area contributed by atoms with Gasteiger partial charge in [-0.25, -0.2) is 5.48 Å². The van der Waals surface area contributed by atoms with Gasteiger partial charge in [0.1, 0.15) is 0 Å². The Kier molecular flexibility index (Phi) is 4.90. The Morgan fingerprint density at radius 1 is 1.42 bits per heavy atom. The summed E-state index contributed by atoms with van der Waals surface area (Å²) in [6, 6.07) is 0. The van der Waals surface area contributed by atoms with Gasteiger partial charge in [0, 0.05) is 6.42 Å². The molecule has 1 amide bonds. The van der Waals surface area contributed by atoms with Crippen LogP contribution in [-0.2, 0) is 9.63 Å². The van der Waals surface area contributed by atoms with E-state index in [0.717, 1.165) is 12.8 Å². The third kappa shape index (κ3) is 5.13. The monoisotopic (exact) mass is 173 g/mol. The molecule has 72 valence electrons. The van der Waals surface area contributed by atoms with Crippen molar-refractivity contribution < 1.29 is 9.63 Å².